The molecule has 0 aromatic heterocycles. The van der Waals surface area contributed by atoms with Crippen LogP contribution in [0, 0.1) is 0 Å². The molecule has 1 rings (SSSR count). The van der Waals surface area contributed by atoms with E-state index in [0.29, 0.717) is 19.4 Å². The zero-order chi connectivity index (χ0) is 14.1. The minimum Gasteiger partial charge on any atom is -0.469 e. The van der Waals surface area contributed by atoms with Crippen molar-refractivity contribution in [2.75, 3.05) is 13.7 Å². The Balaban J connectivity index is 2.41. The largest absolute Gasteiger partial charge is 0.469 e. The summed E-state index contributed by atoms with van der Waals surface area (Å²) in [6.45, 7) is 2.49. The van der Waals surface area contributed by atoms with Crippen molar-refractivity contribution >= 4 is 11.9 Å². The fourth-order valence-electron chi connectivity index (χ4n) is 1.93. The molecule has 0 heterocycles. The van der Waals surface area contributed by atoms with Crippen molar-refractivity contribution in [1.82, 2.24) is 5.32 Å². The van der Waals surface area contributed by atoms with Crippen LogP contribution in [0.2, 0.25) is 0 Å². The molecule has 1 atom stereocenters. The molecule has 0 saturated heterocycles. The highest BCUT2D eigenvalue weighted by atomic mass is 16.5. The lowest BCUT2D eigenvalue weighted by molar-refractivity contribution is -0.140. The van der Waals surface area contributed by atoms with Gasteiger partial charge in [0, 0.05) is 13.0 Å². The summed E-state index contributed by atoms with van der Waals surface area (Å²) >= 11 is 0. The van der Waals surface area contributed by atoms with Crippen LogP contribution in [0.25, 0.3) is 0 Å². The van der Waals surface area contributed by atoms with Crippen molar-refractivity contribution in [3.63, 3.8) is 0 Å². The summed E-state index contributed by atoms with van der Waals surface area (Å²) in [6, 6.07) is 9.72. The average Bonchev–Trinajstić information content (AvgIpc) is 2.45. The van der Waals surface area contributed by atoms with Gasteiger partial charge in [0.25, 0.3) is 0 Å². The van der Waals surface area contributed by atoms with Gasteiger partial charge in [0.15, 0.2) is 0 Å². The van der Waals surface area contributed by atoms with Gasteiger partial charge in [0.05, 0.1) is 13.0 Å². The van der Waals surface area contributed by atoms with Gasteiger partial charge in [-0.2, -0.15) is 0 Å². The number of amides is 1. The van der Waals surface area contributed by atoms with Crippen LogP contribution in [0.4, 0.5) is 0 Å². The first-order valence-electron chi connectivity index (χ1n) is 6.58. The highest BCUT2D eigenvalue weighted by Gasteiger charge is 2.17. The highest BCUT2D eigenvalue weighted by molar-refractivity contribution is 5.83. The lowest BCUT2D eigenvalue weighted by atomic mass is 9.95. The minimum absolute atomic E-state index is 0.0126. The number of esters is 1. The van der Waals surface area contributed by atoms with Gasteiger partial charge in [-0.15, -0.1) is 0 Å². The van der Waals surface area contributed by atoms with Gasteiger partial charge in [0.1, 0.15) is 0 Å². The average molecular weight is 263 g/mol. The molecule has 0 radical (unpaired) electrons. The van der Waals surface area contributed by atoms with E-state index in [0.717, 1.165) is 12.0 Å². The number of carbonyl (C=O) groups is 2. The first-order chi connectivity index (χ1) is 9.19. The number of hydrogen-bond donors (Lipinski definition) is 1. The Kier molecular flexibility index (Phi) is 6.64. The summed E-state index contributed by atoms with van der Waals surface area (Å²) in [4.78, 5) is 23.0. The standard InChI is InChI=1S/C15H21NO3/c1-3-13(12-8-5-4-6-9-12)15(18)16-11-7-10-14(17)19-2/h4-6,8-9,13H,3,7,10-11H2,1-2H3,(H,16,18). The van der Waals surface area contributed by atoms with E-state index in [-0.39, 0.29) is 17.8 Å². The summed E-state index contributed by atoms with van der Waals surface area (Å²) in [5.41, 5.74) is 1.02. The number of methoxy groups -OCH3 is 1. The Bertz CT molecular complexity index is 403. The van der Waals surface area contributed by atoms with Crippen molar-refractivity contribution in [3.05, 3.63) is 35.9 Å². The molecule has 0 aliphatic carbocycles. The van der Waals surface area contributed by atoms with Gasteiger partial charge < -0.3 is 10.1 Å². The fraction of sp³-hybridized carbons (Fsp3) is 0.467. The molecular formula is C15H21NO3. The third-order valence-electron chi connectivity index (χ3n) is 3.01. The zero-order valence-electron chi connectivity index (χ0n) is 11.5. The van der Waals surface area contributed by atoms with Gasteiger partial charge in [-0.25, -0.2) is 0 Å². The minimum atomic E-state index is -0.246. The number of ether oxygens (including phenoxy) is 1. The van der Waals surface area contributed by atoms with Crippen LogP contribution in [-0.4, -0.2) is 25.5 Å². The number of carbonyl (C=O) groups excluding carboxylic acids is 2. The normalized spacial score (nSPS) is 11.7. The first-order valence-corrected chi connectivity index (χ1v) is 6.58. The van der Waals surface area contributed by atoms with Crippen LogP contribution in [0.1, 0.15) is 37.7 Å². The number of benzene rings is 1. The maximum atomic E-state index is 12.1. The van der Waals surface area contributed by atoms with Crippen LogP contribution in [-0.2, 0) is 14.3 Å². The summed E-state index contributed by atoms with van der Waals surface area (Å²) in [7, 11) is 1.36. The molecule has 0 saturated carbocycles. The monoisotopic (exact) mass is 263 g/mol. The van der Waals surface area contributed by atoms with E-state index in [9.17, 15) is 9.59 Å². The van der Waals surface area contributed by atoms with E-state index >= 15 is 0 Å². The maximum Gasteiger partial charge on any atom is 0.305 e. The Morgan fingerprint density at radius 1 is 1.26 bits per heavy atom. The quantitative estimate of drug-likeness (QED) is 0.606. The molecule has 0 aliphatic heterocycles. The van der Waals surface area contributed by atoms with E-state index < -0.39 is 0 Å². The first kappa shape index (κ1) is 15.2. The second-order valence-electron chi connectivity index (χ2n) is 4.34. The van der Waals surface area contributed by atoms with Crippen molar-refractivity contribution in [2.45, 2.75) is 32.1 Å². The van der Waals surface area contributed by atoms with Crippen LogP contribution >= 0.6 is 0 Å². The molecule has 1 N–H and O–H groups in total. The molecule has 4 nitrogen and oxygen atoms in total. The highest BCUT2D eigenvalue weighted by Crippen LogP contribution is 2.19. The lowest BCUT2D eigenvalue weighted by Crippen LogP contribution is -2.30. The molecule has 0 spiro atoms. The summed E-state index contributed by atoms with van der Waals surface area (Å²) in [5, 5.41) is 2.86. The molecule has 19 heavy (non-hydrogen) atoms. The smallest absolute Gasteiger partial charge is 0.305 e. The van der Waals surface area contributed by atoms with Crippen LogP contribution in [0.15, 0.2) is 30.3 Å². The summed E-state index contributed by atoms with van der Waals surface area (Å²) < 4.78 is 4.54. The Morgan fingerprint density at radius 3 is 2.53 bits per heavy atom. The molecule has 0 bridgehead atoms. The van der Waals surface area contributed by atoms with Crippen molar-refractivity contribution in [1.29, 1.82) is 0 Å². The van der Waals surface area contributed by atoms with Crippen LogP contribution in [0.3, 0.4) is 0 Å². The van der Waals surface area contributed by atoms with Crippen LogP contribution < -0.4 is 5.32 Å². The van der Waals surface area contributed by atoms with E-state index in [1.807, 2.05) is 37.3 Å². The molecule has 0 fully saturated rings. The van der Waals surface area contributed by atoms with Gasteiger partial charge in [-0.3, -0.25) is 9.59 Å². The van der Waals surface area contributed by atoms with Crippen molar-refractivity contribution < 1.29 is 14.3 Å². The number of hydrogen-bond acceptors (Lipinski definition) is 3. The maximum absolute atomic E-state index is 12.1. The van der Waals surface area contributed by atoms with Gasteiger partial charge in [-0.05, 0) is 18.4 Å². The van der Waals surface area contributed by atoms with Gasteiger partial charge >= 0.3 is 5.97 Å². The number of nitrogens with one attached hydrogen (secondary N) is 1. The van der Waals surface area contributed by atoms with Crippen LogP contribution in [0.5, 0.6) is 0 Å². The van der Waals surface area contributed by atoms with Crippen molar-refractivity contribution in [3.8, 4) is 0 Å². The second kappa shape index (κ2) is 8.29. The summed E-state index contributed by atoms with van der Waals surface area (Å²) in [6.07, 6.45) is 1.69. The topological polar surface area (TPSA) is 55.4 Å². The third kappa shape index (κ3) is 5.12. The number of rotatable bonds is 7. The predicted molar refractivity (Wildman–Crippen MR) is 73.7 cm³/mol. The Labute approximate surface area is 114 Å². The Hall–Kier alpha value is -1.84. The van der Waals surface area contributed by atoms with E-state index in [1.54, 1.807) is 0 Å². The molecule has 1 aromatic rings. The molecule has 1 amide bonds. The van der Waals surface area contributed by atoms with Gasteiger partial charge in [0.2, 0.25) is 5.91 Å². The van der Waals surface area contributed by atoms with E-state index in [2.05, 4.69) is 10.1 Å². The molecule has 104 valence electrons. The molecular weight excluding hydrogens is 242 g/mol. The Morgan fingerprint density at radius 2 is 1.95 bits per heavy atom. The lowest BCUT2D eigenvalue weighted by Gasteiger charge is -2.15. The predicted octanol–water partition coefficient (Wildman–Crippen LogP) is 2.25. The zero-order valence-corrected chi connectivity index (χ0v) is 11.5. The molecule has 1 unspecified atom stereocenters. The SMILES string of the molecule is CCC(C(=O)NCCCC(=O)OC)c1ccccc1. The van der Waals surface area contributed by atoms with E-state index in [4.69, 9.17) is 0 Å². The summed E-state index contributed by atoms with van der Waals surface area (Å²) in [5.74, 6) is -0.359. The second-order valence-corrected chi connectivity index (χ2v) is 4.34. The molecule has 1 aromatic carbocycles. The molecule has 4 heteroatoms. The molecule has 0 aliphatic rings. The van der Waals surface area contributed by atoms with Crippen molar-refractivity contribution in [2.24, 2.45) is 0 Å². The van der Waals surface area contributed by atoms with Gasteiger partial charge in [-0.1, -0.05) is 37.3 Å². The fourth-order valence-corrected chi connectivity index (χ4v) is 1.93. The third-order valence-corrected chi connectivity index (χ3v) is 3.01. The van der Waals surface area contributed by atoms with E-state index in [1.165, 1.54) is 7.11 Å².